The Bertz CT molecular complexity index is 578. The van der Waals surface area contributed by atoms with Gasteiger partial charge in [-0.05, 0) is 42.8 Å². The van der Waals surface area contributed by atoms with Crippen LogP contribution in [0.4, 0.5) is 4.39 Å². The second kappa shape index (κ2) is 4.68. The molecule has 0 spiro atoms. The van der Waals surface area contributed by atoms with Crippen molar-refractivity contribution in [1.82, 2.24) is 0 Å². The van der Waals surface area contributed by atoms with Crippen LogP contribution in [0.25, 0.3) is 0 Å². The molecule has 0 atom stereocenters. The van der Waals surface area contributed by atoms with Gasteiger partial charge in [0.1, 0.15) is 5.82 Å². The van der Waals surface area contributed by atoms with E-state index < -0.39 is 5.82 Å². The van der Waals surface area contributed by atoms with Crippen LogP contribution in [-0.4, -0.2) is 5.78 Å². The van der Waals surface area contributed by atoms with E-state index in [1.165, 1.54) is 12.1 Å². The van der Waals surface area contributed by atoms with Crippen molar-refractivity contribution in [2.45, 2.75) is 6.92 Å². The molecule has 0 N–H and O–H groups in total. The van der Waals surface area contributed by atoms with Gasteiger partial charge in [-0.15, -0.1) is 0 Å². The lowest BCUT2D eigenvalue weighted by atomic mass is 9.99. The fourth-order valence-corrected chi connectivity index (χ4v) is 1.90. The molecule has 0 fully saturated rings. The second-order valence-corrected chi connectivity index (χ2v) is 4.20. The van der Waals surface area contributed by atoms with Crippen LogP contribution in [0.15, 0.2) is 42.5 Å². The molecule has 2 aromatic carbocycles. The first kappa shape index (κ1) is 11.8. The third kappa shape index (κ3) is 2.37. The van der Waals surface area contributed by atoms with Gasteiger partial charge in [-0.2, -0.15) is 0 Å². The standard InChI is InChI=1S/C14H10ClFO/c1-9-8-10(15)6-7-11(9)14(17)12-4-2-3-5-13(12)16/h2-8H,1H3. The molecule has 0 unspecified atom stereocenters. The van der Waals surface area contributed by atoms with E-state index in [9.17, 15) is 9.18 Å². The van der Waals surface area contributed by atoms with Crippen molar-refractivity contribution in [1.29, 1.82) is 0 Å². The van der Waals surface area contributed by atoms with Crippen molar-refractivity contribution in [3.8, 4) is 0 Å². The highest BCUT2D eigenvalue weighted by Crippen LogP contribution is 2.19. The molecular weight excluding hydrogens is 239 g/mol. The molecule has 0 heterocycles. The van der Waals surface area contributed by atoms with Gasteiger partial charge >= 0.3 is 0 Å². The van der Waals surface area contributed by atoms with E-state index in [0.717, 1.165) is 5.56 Å². The van der Waals surface area contributed by atoms with Gasteiger partial charge in [0, 0.05) is 10.6 Å². The molecule has 2 aromatic rings. The largest absolute Gasteiger partial charge is 0.288 e. The lowest BCUT2D eigenvalue weighted by molar-refractivity contribution is 0.103. The first-order valence-electron chi connectivity index (χ1n) is 5.15. The normalized spacial score (nSPS) is 10.3. The molecule has 0 saturated carbocycles. The van der Waals surface area contributed by atoms with Crippen LogP contribution in [0.1, 0.15) is 21.5 Å². The average molecular weight is 249 g/mol. The Morgan fingerprint density at radius 1 is 1.12 bits per heavy atom. The maximum Gasteiger partial charge on any atom is 0.196 e. The molecule has 0 bridgehead atoms. The number of aryl methyl sites for hydroxylation is 1. The lowest BCUT2D eigenvalue weighted by Crippen LogP contribution is -2.05. The van der Waals surface area contributed by atoms with Gasteiger partial charge in [0.05, 0.1) is 5.56 Å². The van der Waals surface area contributed by atoms with E-state index in [1.807, 2.05) is 0 Å². The highest BCUT2D eigenvalue weighted by Gasteiger charge is 2.15. The number of benzene rings is 2. The maximum absolute atomic E-state index is 13.5. The topological polar surface area (TPSA) is 17.1 Å². The van der Waals surface area contributed by atoms with Gasteiger partial charge in [0.2, 0.25) is 0 Å². The number of carbonyl (C=O) groups excluding carboxylic acids is 1. The maximum atomic E-state index is 13.5. The van der Waals surface area contributed by atoms with Crippen LogP contribution in [0, 0.1) is 12.7 Å². The number of hydrogen-bond donors (Lipinski definition) is 0. The van der Waals surface area contributed by atoms with Crippen LogP contribution >= 0.6 is 11.6 Å². The van der Waals surface area contributed by atoms with Crippen LogP contribution in [-0.2, 0) is 0 Å². The molecule has 1 nitrogen and oxygen atoms in total. The van der Waals surface area contributed by atoms with Crippen LogP contribution in [0.5, 0.6) is 0 Å². The van der Waals surface area contributed by atoms with E-state index in [4.69, 9.17) is 11.6 Å². The van der Waals surface area contributed by atoms with Gasteiger partial charge in [-0.1, -0.05) is 23.7 Å². The van der Waals surface area contributed by atoms with Crippen molar-refractivity contribution < 1.29 is 9.18 Å². The highest BCUT2D eigenvalue weighted by atomic mass is 35.5. The molecule has 0 aliphatic rings. The molecule has 2 rings (SSSR count). The summed E-state index contributed by atoms with van der Waals surface area (Å²) in [7, 11) is 0. The Morgan fingerprint density at radius 2 is 1.82 bits per heavy atom. The molecule has 0 radical (unpaired) electrons. The van der Waals surface area contributed by atoms with Gasteiger partial charge in [-0.3, -0.25) is 4.79 Å². The summed E-state index contributed by atoms with van der Waals surface area (Å²) < 4.78 is 13.5. The Kier molecular flexibility index (Phi) is 3.25. The van der Waals surface area contributed by atoms with Crippen molar-refractivity contribution in [2.24, 2.45) is 0 Å². The summed E-state index contributed by atoms with van der Waals surface area (Å²) in [6, 6.07) is 10.9. The monoisotopic (exact) mass is 248 g/mol. The van der Waals surface area contributed by atoms with Crippen molar-refractivity contribution in [3.05, 3.63) is 70.0 Å². The minimum Gasteiger partial charge on any atom is -0.288 e. The smallest absolute Gasteiger partial charge is 0.196 e. The minimum atomic E-state index is -0.508. The minimum absolute atomic E-state index is 0.0814. The number of ketones is 1. The van der Waals surface area contributed by atoms with Gasteiger partial charge in [-0.25, -0.2) is 4.39 Å². The molecule has 3 heteroatoms. The third-order valence-electron chi connectivity index (χ3n) is 2.55. The van der Waals surface area contributed by atoms with E-state index >= 15 is 0 Å². The molecule has 86 valence electrons. The average Bonchev–Trinajstić information content (AvgIpc) is 2.29. The molecule has 17 heavy (non-hydrogen) atoms. The van der Waals surface area contributed by atoms with Gasteiger partial charge in [0.15, 0.2) is 5.78 Å². The molecule has 0 amide bonds. The van der Waals surface area contributed by atoms with Gasteiger partial charge < -0.3 is 0 Å². The third-order valence-corrected chi connectivity index (χ3v) is 2.79. The van der Waals surface area contributed by atoms with Crippen LogP contribution in [0.3, 0.4) is 0 Å². The predicted molar refractivity (Wildman–Crippen MR) is 66.0 cm³/mol. The molecule has 0 aliphatic carbocycles. The molecule has 0 saturated heterocycles. The fourth-order valence-electron chi connectivity index (χ4n) is 1.67. The number of halogens is 2. The molecular formula is C14H10ClFO. The highest BCUT2D eigenvalue weighted by molar-refractivity contribution is 6.30. The number of rotatable bonds is 2. The SMILES string of the molecule is Cc1cc(Cl)ccc1C(=O)c1ccccc1F. The van der Waals surface area contributed by atoms with Crippen LogP contribution in [0.2, 0.25) is 5.02 Å². The summed E-state index contributed by atoms with van der Waals surface area (Å²) >= 11 is 5.81. The quantitative estimate of drug-likeness (QED) is 0.734. The number of hydrogen-bond acceptors (Lipinski definition) is 1. The van der Waals surface area contributed by atoms with Gasteiger partial charge in [0.25, 0.3) is 0 Å². The first-order valence-corrected chi connectivity index (χ1v) is 5.53. The van der Waals surface area contributed by atoms with E-state index in [2.05, 4.69) is 0 Å². The van der Waals surface area contributed by atoms with Crippen molar-refractivity contribution in [3.63, 3.8) is 0 Å². The summed E-state index contributed by atoms with van der Waals surface area (Å²) in [5, 5.41) is 0.563. The number of carbonyl (C=O) groups is 1. The van der Waals surface area contributed by atoms with Crippen molar-refractivity contribution in [2.75, 3.05) is 0 Å². The summed E-state index contributed by atoms with van der Waals surface area (Å²) in [5.41, 5.74) is 1.29. The first-order chi connectivity index (χ1) is 8.09. The Labute approximate surface area is 104 Å². The zero-order valence-electron chi connectivity index (χ0n) is 9.21. The second-order valence-electron chi connectivity index (χ2n) is 3.77. The zero-order chi connectivity index (χ0) is 12.4. The van der Waals surface area contributed by atoms with Crippen molar-refractivity contribution >= 4 is 17.4 Å². The summed E-state index contributed by atoms with van der Waals surface area (Å²) in [6.07, 6.45) is 0. The Morgan fingerprint density at radius 3 is 2.47 bits per heavy atom. The van der Waals surface area contributed by atoms with E-state index in [1.54, 1.807) is 37.3 Å². The Balaban J connectivity index is 2.48. The predicted octanol–water partition coefficient (Wildman–Crippen LogP) is 4.02. The fraction of sp³-hybridized carbons (Fsp3) is 0.0714. The van der Waals surface area contributed by atoms with Crippen LogP contribution < -0.4 is 0 Å². The van der Waals surface area contributed by atoms with E-state index in [0.29, 0.717) is 10.6 Å². The lowest BCUT2D eigenvalue weighted by Gasteiger charge is -2.06. The summed E-state index contributed by atoms with van der Waals surface area (Å²) in [4.78, 5) is 12.1. The molecule has 0 aliphatic heterocycles. The molecule has 0 aromatic heterocycles. The Hall–Kier alpha value is -1.67. The summed E-state index contributed by atoms with van der Waals surface area (Å²) in [6.45, 7) is 1.78. The zero-order valence-corrected chi connectivity index (χ0v) is 9.96. The summed E-state index contributed by atoms with van der Waals surface area (Å²) in [5.74, 6) is -0.830. The van der Waals surface area contributed by atoms with E-state index in [-0.39, 0.29) is 11.3 Å².